The van der Waals surface area contributed by atoms with Crippen molar-refractivity contribution in [1.82, 2.24) is 9.03 Å². The highest BCUT2D eigenvalue weighted by Crippen LogP contribution is 2.13. The molecule has 5 nitrogen and oxygen atoms in total. The summed E-state index contributed by atoms with van der Waals surface area (Å²) in [5, 5.41) is 9.06. The average Bonchev–Trinajstić information content (AvgIpc) is 2.67. The van der Waals surface area contributed by atoms with Gasteiger partial charge in [0.25, 0.3) is 10.2 Å². The third kappa shape index (κ3) is 3.41. The van der Waals surface area contributed by atoms with Crippen molar-refractivity contribution < 1.29 is 13.5 Å². The molecule has 6 heteroatoms. The molecule has 15 heavy (non-hydrogen) atoms. The van der Waals surface area contributed by atoms with Crippen molar-refractivity contribution in [2.45, 2.75) is 32.7 Å². The lowest BCUT2D eigenvalue weighted by Gasteiger charge is -2.23. The summed E-state index contributed by atoms with van der Waals surface area (Å²) >= 11 is 0. The Kier molecular flexibility index (Phi) is 4.51. The van der Waals surface area contributed by atoms with Crippen molar-refractivity contribution in [3.05, 3.63) is 0 Å². The van der Waals surface area contributed by atoms with Gasteiger partial charge in [-0.15, -0.1) is 0 Å². The lowest BCUT2D eigenvalue weighted by molar-refractivity contribution is 0.225. The van der Waals surface area contributed by atoms with Gasteiger partial charge in [0.05, 0.1) is 6.61 Å². The van der Waals surface area contributed by atoms with Crippen molar-refractivity contribution >= 4 is 10.2 Å². The van der Waals surface area contributed by atoms with Crippen molar-refractivity contribution in [2.24, 2.45) is 5.92 Å². The predicted octanol–water partition coefficient (Wildman–Crippen LogP) is -0.0665. The van der Waals surface area contributed by atoms with Crippen LogP contribution in [0.25, 0.3) is 0 Å². The van der Waals surface area contributed by atoms with Crippen LogP contribution in [0.1, 0.15) is 26.7 Å². The van der Waals surface area contributed by atoms with Crippen LogP contribution in [0.15, 0.2) is 0 Å². The monoisotopic (exact) mass is 236 g/mol. The maximum Gasteiger partial charge on any atom is 0.279 e. The molecule has 0 aliphatic carbocycles. The quantitative estimate of drug-likeness (QED) is 0.702. The molecule has 0 aromatic heterocycles. The van der Waals surface area contributed by atoms with Crippen LogP contribution in [-0.2, 0) is 10.2 Å². The minimum atomic E-state index is -3.39. The maximum atomic E-state index is 11.8. The highest BCUT2D eigenvalue weighted by atomic mass is 32.2. The van der Waals surface area contributed by atoms with Gasteiger partial charge >= 0.3 is 0 Å². The second-order valence-corrected chi connectivity index (χ2v) is 5.96. The molecule has 1 heterocycles. The topological polar surface area (TPSA) is 69.6 Å². The number of hydrogen-bond acceptors (Lipinski definition) is 3. The molecular formula is C9H20N2O3S. The standard InChI is InChI=1S/C9H20N2O3S/c1-8(2)9(7-12)10-15(13,14)11-5-3-4-6-11/h8-10,12H,3-7H2,1-2H3/t9-/m1/s1. The van der Waals surface area contributed by atoms with Crippen LogP contribution in [0.4, 0.5) is 0 Å². The molecule has 1 aliphatic heterocycles. The van der Waals surface area contributed by atoms with E-state index in [-0.39, 0.29) is 12.5 Å². The molecule has 0 unspecified atom stereocenters. The minimum Gasteiger partial charge on any atom is -0.395 e. The van der Waals surface area contributed by atoms with Crippen molar-refractivity contribution in [1.29, 1.82) is 0 Å². The number of hydrogen-bond donors (Lipinski definition) is 2. The molecule has 0 saturated carbocycles. The zero-order chi connectivity index (χ0) is 11.5. The molecule has 1 fully saturated rings. The number of nitrogens with zero attached hydrogens (tertiary/aromatic N) is 1. The third-order valence-electron chi connectivity index (χ3n) is 2.71. The molecule has 1 aliphatic rings. The van der Waals surface area contributed by atoms with Crippen LogP contribution >= 0.6 is 0 Å². The van der Waals surface area contributed by atoms with Gasteiger partial charge in [-0.3, -0.25) is 0 Å². The first kappa shape index (κ1) is 12.9. The van der Waals surface area contributed by atoms with Crippen molar-refractivity contribution in [2.75, 3.05) is 19.7 Å². The Balaban J connectivity index is 2.61. The fraction of sp³-hybridized carbons (Fsp3) is 1.00. The fourth-order valence-corrected chi connectivity index (χ4v) is 3.20. The zero-order valence-electron chi connectivity index (χ0n) is 9.31. The highest BCUT2D eigenvalue weighted by Gasteiger charge is 2.28. The van der Waals surface area contributed by atoms with E-state index in [0.717, 1.165) is 12.8 Å². The molecule has 1 rings (SSSR count). The van der Waals surface area contributed by atoms with E-state index in [0.29, 0.717) is 13.1 Å². The summed E-state index contributed by atoms with van der Waals surface area (Å²) < 4.78 is 27.6. The Labute approximate surface area is 91.7 Å². The van der Waals surface area contributed by atoms with E-state index in [4.69, 9.17) is 5.11 Å². The summed E-state index contributed by atoms with van der Waals surface area (Å²) in [7, 11) is -3.39. The van der Waals surface area contributed by atoms with Crippen molar-refractivity contribution in [3.8, 4) is 0 Å². The van der Waals surface area contributed by atoms with Crippen molar-refractivity contribution in [3.63, 3.8) is 0 Å². The second kappa shape index (κ2) is 5.25. The highest BCUT2D eigenvalue weighted by molar-refractivity contribution is 7.87. The maximum absolute atomic E-state index is 11.8. The minimum absolute atomic E-state index is 0.0902. The summed E-state index contributed by atoms with van der Waals surface area (Å²) in [6, 6.07) is -0.393. The first-order valence-corrected chi connectivity index (χ1v) is 6.79. The molecule has 0 bridgehead atoms. The summed E-state index contributed by atoms with van der Waals surface area (Å²) in [5.74, 6) is 0.0902. The Morgan fingerprint density at radius 1 is 1.33 bits per heavy atom. The molecule has 2 N–H and O–H groups in total. The van der Waals surface area contributed by atoms with Gasteiger partial charge in [-0.2, -0.15) is 17.4 Å². The fourth-order valence-electron chi connectivity index (χ4n) is 1.58. The Morgan fingerprint density at radius 2 is 1.87 bits per heavy atom. The molecule has 0 spiro atoms. The molecule has 1 atom stereocenters. The van der Waals surface area contributed by atoms with Crippen LogP contribution in [-0.4, -0.2) is 43.6 Å². The first-order chi connectivity index (χ1) is 6.97. The SMILES string of the molecule is CC(C)[C@@H](CO)NS(=O)(=O)N1CCCC1. The normalized spacial score (nSPS) is 21.1. The van der Waals surface area contributed by atoms with Crippen LogP contribution in [0, 0.1) is 5.92 Å². The largest absolute Gasteiger partial charge is 0.395 e. The smallest absolute Gasteiger partial charge is 0.279 e. The molecule has 90 valence electrons. The van der Waals surface area contributed by atoms with E-state index in [2.05, 4.69) is 4.72 Å². The summed E-state index contributed by atoms with van der Waals surface area (Å²) in [5.41, 5.74) is 0. The Morgan fingerprint density at radius 3 is 2.27 bits per heavy atom. The molecule has 0 amide bonds. The summed E-state index contributed by atoms with van der Waals surface area (Å²) in [6.45, 7) is 4.78. The average molecular weight is 236 g/mol. The molecule has 0 aromatic carbocycles. The van der Waals surface area contributed by atoms with E-state index < -0.39 is 16.3 Å². The van der Waals surface area contributed by atoms with E-state index >= 15 is 0 Å². The lowest BCUT2D eigenvalue weighted by atomic mass is 10.1. The van der Waals surface area contributed by atoms with Gasteiger partial charge in [-0.05, 0) is 18.8 Å². The van der Waals surface area contributed by atoms with Crippen LogP contribution < -0.4 is 4.72 Å². The lowest BCUT2D eigenvalue weighted by Crippen LogP contribution is -2.47. The van der Waals surface area contributed by atoms with E-state index in [1.165, 1.54) is 4.31 Å². The van der Waals surface area contributed by atoms with E-state index in [9.17, 15) is 8.42 Å². The second-order valence-electron chi connectivity index (χ2n) is 4.26. The molecule has 1 saturated heterocycles. The molecule has 0 radical (unpaired) electrons. The van der Waals surface area contributed by atoms with Crippen LogP contribution in [0.2, 0.25) is 0 Å². The summed E-state index contributed by atoms with van der Waals surface area (Å²) in [6.07, 6.45) is 1.85. The Bertz CT molecular complexity index is 284. The predicted molar refractivity (Wildman–Crippen MR) is 58.6 cm³/mol. The van der Waals surface area contributed by atoms with Gasteiger partial charge in [0.1, 0.15) is 0 Å². The van der Waals surface area contributed by atoms with E-state index in [1.807, 2.05) is 13.8 Å². The summed E-state index contributed by atoms with van der Waals surface area (Å²) in [4.78, 5) is 0. The number of aliphatic hydroxyl groups is 1. The number of rotatable bonds is 5. The first-order valence-electron chi connectivity index (χ1n) is 5.35. The van der Waals surface area contributed by atoms with Gasteiger partial charge < -0.3 is 5.11 Å². The van der Waals surface area contributed by atoms with Crippen LogP contribution in [0.3, 0.4) is 0 Å². The zero-order valence-corrected chi connectivity index (χ0v) is 10.1. The van der Waals surface area contributed by atoms with Crippen LogP contribution in [0.5, 0.6) is 0 Å². The molecule has 0 aromatic rings. The number of nitrogens with one attached hydrogen (secondary N) is 1. The van der Waals surface area contributed by atoms with Gasteiger partial charge in [0.2, 0.25) is 0 Å². The van der Waals surface area contributed by atoms with Gasteiger partial charge in [-0.25, -0.2) is 0 Å². The Hall–Kier alpha value is -0.170. The number of aliphatic hydroxyl groups excluding tert-OH is 1. The van der Waals surface area contributed by atoms with Gasteiger partial charge in [0, 0.05) is 19.1 Å². The third-order valence-corrected chi connectivity index (χ3v) is 4.35. The van der Waals surface area contributed by atoms with Gasteiger partial charge in [0.15, 0.2) is 0 Å². The van der Waals surface area contributed by atoms with Gasteiger partial charge in [-0.1, -0.05) is 13.8 Å². The van der Waals surface area contributed by atoms with E-state index in [1.54, 1.807) is 0 Å². The molecular weight excluding hydrogens is 216 g/mol.